The van der Waals surface area contributed by atoms with E-state index in [1.54, 1.807) is 4.68 Å². The van der Waals surface area contributed by atoms with Crippen LogP contribution in [0, 0.1) is 6.92 Å². The van der Waals surface area contributed by atoms with E-state index in [0.717, 1.165) is 27.0 Å². The second kappa shape index (κ2) is 5.43. The number of hydrogen-bond acceptors (Lipinski definition) is 1. The highest BCUT2D eigenvalue weighted by atomic mass is 79.9. The molecule has 4 heteroatoms. The molecule has 0 aliphatic carbocycles. The van der Waals surface area contributed by atoms with E-state index in [9.17, 15) is 0 Å². The average Bonchev–Trinajstić information content (AvgIpc) is 2.76. The molecule has 0 amide bonds. The first-order chi connectivity index (χ1) is 9.66. The molecule has 2 aromatic carbocycles. The third-order valence-corrected chi connectivity index (χ3v) is 4.09. The molecule has 100 valence electrons. The van der Waals surface area contributed by atoms with Crippen LogP contribution in [0.5, 0.6) is 0 Å². The molecule has 0 atom stereocenters. The molecule has 1 aromatic heterocycles. The highest BCUT2D eigenvalue weighted by Gasteiger charge is 2.15. The standard InChI is InChI=1S/C16H12BrClN2/c1-11-15(12-6-3-2-4-7-12)19-20(16(11)18)14-9-5-8-13(17)10-14/h2-10H,1H3. The van der Waals surface area contributed by atoms with Crippen LogP contribution in [0.4, 0.5) is 0 Å². The lowest BCUT2D eigenvalue weighted by molar-refractivity contribution is 0.884. The molecule has 0 bridgehead atoms. The summed E-state index contributed by atoms with van der Waals surface area (Å²) in [7, 11) is 0. The zero-order chi connectivity index (χ0) is 14.1. The van der Waals surface area contributed by atoms with Crippen molar-refractivity contribution in [3.8, 4) is 16.9 Å². The molecule has 20 heavy (non-hydrogen) atoms. The summed E-state index contributed by atoms with van der Waals surface area (Å²) in [5.74, 6) is 0. The van der Waals surface area contributed by atoms with E-state index in [2.05, 4.69) is 21.0 Å². The van der Waals surface area contributed by atoms with Crippen LogP contribution in [0.25, 0.3) is 16.9 Å². The molecule has 0 aliphatic heterocycles. The lowest BCUT2D eigenvalue weighted by atomic mass is 10.1. The van der Waals surface area contributed by atoms with Gasteiger partial charge in [-0.3, -0.25) is 0 Å². The summed E-state index contributed by atoms with van der Waals surface area (Å²) in [6.07, 6.45) is 0. The molecule has 0 N–H and O–H groups in total. The monoisotopic (exact) mass is 346 g/mol. The van der Waals surface area contributed by atoms with E-state index in [1.807, 2.05) is 61.5 Å². The number of nitrogens with zero attached hydrogens (tertiary/aromatic N) is 2. The van der Waals surface area contributed by atoms with E-state index in [4.69, 9.17) is 11.6 Å². The Bertz CT molecular complexity index is 750. The van der Waals surface area contributed by atoms with Crippen molar-refractivity contribution in [3.05, 3.63) is 69.8 Å². The van der Waals surface area contributed by atoms with Crippen LogP contribution < -0.4 is 0 Å². The second-order valence-corrected chi connectivity index (χ2v) is 5.80. The maximum absolute atomic E-state index is 6.44. The van der Waals surface area contributed by atoms with Crippen LogP contribution in [0.1, 0.15) is 5.56 Å². The van der Waals surface area contributed by atoms with Crippen LogP contribution in [0.15, 0.2) is 59.1 Å². The van der Waals surface area contributed by atoms with Gasteiger partial charge in [0.25, 0.3) is 0 Å². The lowest BCUT2D eigenvalue weighted by Gasteiger charge is -2.03. The minimum absolute atomic E-state index is 0.641. The Labute approximate surface area is 131 Å². The highest BCUT2D eigenvalue weighted by molar-refractivity contribution is 9.10. The summed E-state index contributed by atoms with van der Waals surface area (Å²) in [5, 5.41) is 5.30. The Balaban J connectivity index is 2.16. The van der Waals surface area contributed by atoms with Gasteiger partial charge in [-0.1, -0.05) is 63.9 Å². The zero-order valence-corrected chi connectivity index (χ0v) is 13.2. The zero-order valence-electron chi connectivity index (χ0n) is 10.8. The largest absolute Gasteiger partial charge is 0.221 e. The van der Waals surface area contributed by atoms with Gasteiger partial charge < -0.3 is 0 Å². The summed E-state index contributed by atoms with van der Waals surface area (Å²) < 4.78 is 2.77. The van der Waals surface area contributed by atoms with Crippen molar-refractivity contribution in [2.24, 2.45) is 0 Å². The Morgan fingerprint density at radius 3 is 2.50 bits per heavy atom. The van der Waals surface area contributed by atoms with Crippen molar-refractivity contribution in [3.63, 3.8) is 0 Å². The molecule has 0 spiro atoms. The molecule has 0 saturated heterocycles. The Morgan fingerprint density at radius 1 is 1.05 bits per heavy atom. The fourth-order valence-electron chi connectivity index (χ4n) is 2.12. The van der Waals surface area contributed by atoms with Gasteiger partial charge in [0.2, 0.25) is 0 Å². The number of aromatic nitrogens is 2. The van der Waals surface area contributed by atoms with E-state index in [-0.39, 0.29) is 0 Å². The van der Waals surface area contributed by atoms with Gasteiger partial charge in [0.15, 0.2) is 0 Å². The van der Waals surface area contributed by atoms with Gasteiger partial charge in [-0.05, 0) is 25.1 Å². The Kier molecular flexibility index (Phi) is 3.64. The quantitative estimate of drug-likeness (QED) is 0.618. The Morgan fingerprint density at radius 2 is 1.80 bits per heavy atom. The van der Waals surface area contributed by atoms with Crippen molar-refractivity contribution in [2.45, 2.75) is 6.92 Å². The van der Waals surface area contributed by atoms with Crippen LogP contribution in [0.2, 0.25) is 5.15 Å². The van der Waals surface area contributed by atoms with Crippen molar-refractivity contribution in [2.75, 3.05) is 0 Å². The minimum Gasteiger partial charge on any atom is -0.221 e. The third kappa shape index (κ3) is 2.39. The highest BCUT2D eigenvalue weighted by Crippen LogP contribution is 2.30. The van der Waals surface area contributed by atoms with E-state index < -0.39 is 0 Å². The normalized spacial score (nSPS) is 10.8. The second-order valence-electron chi connectivity index (χ2n) is 4.52. The molecular formula is C16H12BrClN2. The van der Waals surface area contributed by atoms with E-state index in [1.165, 1.54) is 0 Å². The predicted molar refractivity (Wildman–Crippen MR) is 86.4 cm³/mol. The maximum Gasteiger partial charge on any atom is 0.136 e. The molecule has 3 aromatic rings. The van der Waals surface area contributed by atoms with Crippen LogP contribution >= 0.6 is 27.5 Å². The molecular weight excluding hydrogens is 336 g/mol. The van der Waals surface area contributed by atoms with Gasteiger partial charge in [0.05, 0.1) is 11.4 Å². The van der Waals surface area contributed by atoms with E-state index >= 15 is 0 Å². The molecule has 0 aliphatic rings. The van der Waals surface area contributed by atoms with Crippen LogP contribution in [0.3, 0.4) is 0 Å². The summed E-state index contributed by atoms with van der Waals surface area (Å²) in [6.45, 7) is 1.99. The van der Waals surface area contributed by atoms with Gasteiger partial charge >= 0.3 is 0 Å². The summed E-state index contributed by atoms with van der Waals surface area (Å²) in [4.78, 5) is 0. The van der Waals surface area contributed by atoms with Crippen molar-refractivity contribution in [1.29, 1.82) is 0 Å². The number of hydrogen-bond donors (Lipinski definition) is 0. The van der Waals surface area contributed by atoms with Gasteiger partial charge in [-0.25, -0.2) is 4.68 Å². The van der Waals surface area contributed by atoms with Gasteiger partial charge in [-0.15, -0.1) is 0 Å². The first kappa shape index (κ1) is 13.4. The van der Waals surface area contributed by atoms with Crippen LogP contribution in [-0.4, -0.2) is 9.78 Å². The predicted octanol–water partition coefficient (Wildman–Crippen LogP) is 5.26. The molecule has 3 rings (SSSR count). The lowest BCUT2D eigenvalue weighted by Crippen LogP contribution is -1.96. The smallest absolute Gasteiger partial charge is 0.136 e. The maximum atomic E-state index is 6.44. The number of benzene rings is 2. The molecule has 0 fully saturated rings. The fraction of sp³-hybridized carbons (Fsp3) is 0.0625. The summed E-state index contributed by atoms with van der Waals surface area (Å²) in [5.41, 5.74) is 3.91. The molecule has 0 radical (unpaired) electrons. The SMILES string of the molecule is Cc1c(-c2ccccc2)nn(-c2cccc(Br)c2)c1Cl. The third-order valence-electron chi connectivity index (χ3n) is 3.15. The first-order valence-electron chi connectivity index (χ1n) is 6.23. The van der Waals surface area contributed by atoms with Crippen molar-refractivity contribution < 1.29 is 0 Å². The summed E-state index contributed by atoms with van der Waals surface area (Å²) >= 11 is 9.91. The van der Waals surface area contributed by atoms with Crippen LogP contribution in [-0.2, 0) is 0 Å². The topological polar surface area (TPSA) is 17.8 Å². The van der Waals surface area contributed by atoms with Crippen molar-refractivity contribution >= 4 is 27.5 Å². The van der Waals surface area contributed by atoms with Gasteiger partial charge in [-0.2, -0.15) is 5.10 Å². The number of halogens is 2. The summed E-state index contributed by atoms with van der Waals surface area (Å²) in [6, 6.07) is 18.0. The van der Waals surface area contributed by atoms with Gasteiger partial charge in [0.1, 0.15) is 5.15 Å². The first-order valence-corrected chi connectivity index (χ1v) is 7.40. The number of rotatable bonds is 2. The molecule has 0 saturated carbocycles. The molecule has 2 nitrogen and oxygen atoms in total. The Hall–Kier alpha value is -1.58. The average molecular weight is 348 g/mol. The minimum atomic E-state index is 0.641. The van der Waals surface area contributed by atoms with E-state index in [0.29, 0.717) is 5.15 Å². The van der Waals surface area contributed by atoms with Gasteiger partial charge in [0, 0.05) is 15.6 Å². The fourth-order valence-corrected chi connectivity index (χ4v) is 2.74. The molecule has 1 heterocycles. The van der Waals surface area contributed by atoms with Crippen molar-refractivity contribution in [1.82, 2.24) is 9.78 Å². The molecule has 0 unspecified atom stereocenters.